The molecule has 0 aromatic rings. The zero-order chi connectivity index (χ0) is 10.5. The van der Waals surface area contributed by atoms with Gasteiger partial charge in [-0.05, 0) is 27.7 Å². The number of hydrogen-bond donors (Lipinski definition) is 0. The van der Waals surface area contributed by atoms with E-state index in [0.717, 1.165) is 0 Å². The molecule has 0 amide bonds. The first-order chi connectivity index (χ1) is 5.90. The van der Waals surface area contributed by atoms with Crippen molar-refractivity contribution in [3.8, 4) is 6.07 Å². The molecule has 72 valence electrons. The predicted octanol–water partition coefficient (Wildman–Crippen LogP) is 2.04. The Kier molecular flexibility index (Phi) is 4.19. The Balaban J connectivity index is 4.34. The van der Waals surface area contributed by atoms with Crippen LogP contribution in [0.25, 0.3) is 0 Å². The highest BCUT2D eigenvalue weighted by atomic mass is 16.6. The fourth-order valence-electron chi connectivity index (χ4n) is 0.732. The van der Waals surface area contributed by atoms with E-state index in [4.69, 9.17) is 10.00 Å². The molecular formula is C10H15NO2. The zero-order valence-corrected chi connectivity index (χ0v) is 8.50. The second-order valence-electron chi connectivity index (χ2n) is 3.67. The number of esters is 1. The number of hydrogen-bond acceptors (Lipinski definition) is 3. The van der Waals surface area contributed by atoms with Crippen molar-refractivity contribution in [1.82, 2.24) is 0 Å². The summed E-state index contributed by atoms with van der Waals surface area (Å²) in [5, 5.41) is 8.62. The second-order valence-corrected chi connectivity index (χ2v) is 3.67. The molecule has 0 N–H and O–H groups in total. The summed E-state index contributed by atoms with van der Waals surface area (Å²) in [5.74, 6) is -1.28. The van der Waals surface area contributed by atoms with Gasteiger partial charge in [-0.15, -0.1) is 0 Å². The van der Waals surface area contributed by atoms with Crippen molar-refractivity contribution in [2.24, 2.45) is 5.92 Å². The third kappa shape index (κ3) is 5.02. The second kappa shape index (κ2) is 4.66. The fraction of sp³-hybridized carbons (Fsp3) is 0.600. The molecule has 0 aliphatic heterocycles. The van der Waals surface area contributed by atoms with Crippen LogP contribution in [0.2, 0.25) is 0 Å². The van der Waals surface area contributed by atoms with E-state index in [0.29, 0.717) is 0 Å². The monoisotopic (exact) mass is 181 g/mol. The van der Waals surface area contributed by atoms with E-state index >= 15 is 0 Å². The van der Waals surface area contributed by atoms with Crippen molar-refractivity contribution in [2.45, 2.75) is 33.3 Å². The van der Waals surface area contributed by atoms with Crippen molar-refractivity contribution in [2.75, 3.05) is 0 Å². The van der Waals surface area contributed by atoms with Gasteiger partial charge in [0.05, 0.1) is 6.07 Å². The highest BCUT2D eigenvalue weighted by Gasteiger charge is 2.22. The molecule has 13 heavy (non-hydrogen) atoms. The summed E-state index contributed by atoms with van der Waals surface area (Å²) < 4.78 is 5.03. The van der Waals surface area contributed by atoms with E-state index in [1.165, 1.54) is 6.08 Å². The molecule has 1 unspecified atom stereocenters. The zero-order valence-electron chi connectivity index (χ0n) is 8.50. The fourth-order valence-corrected chi connectivity index (χ4v) is 0.732. The minimum atomic E-state index is -0.788. The average Bonchev–Trinajstić information content (AvgIpc) is 1.96. The minimum Gasteiger partial charge on any atom is -0.459 e. The van der Waals surface area contributed by atoms with Crippen LogP contribution in [0.4, 0.5) is 0 Å². The van der Waals surface area contributed by atoms with E-state index in [1.54, 1.807) is 33.8 Å². The molecule has 0 saturated carbocycles. The van der Waals surface area contributed by atoms with Crippen molar-refractivity contribution < 1.29 is 9.53 Å². The van der Waals surface area contributed by atoms with Gasteiger partial charge in [0.25, 0.3) is 0 Å². The normalized spacial score (nSPS) is 13.8. The first-order valence-corrected chi connectivity index (χ1v) is 4.16. The van der Waals surface area contributed by atoms with Crippen LogP contribution < -0.4 is 0 Å². The molecule has 0 radical (unpaired) electrons. The number of rotatable bonds is 2. The van der Waals surface area contributed by atoms with Crippen LogP contribution in [0, 0.1) is 17.2 Å². The molecule has 0 spiro atoms. The lowest BCUT2D eigenvalue weighted by atomic mass is 10.1. The van der Waals surface area contributed by atoms with Gasteiger partial charge in [0.1, 0.15) is 5.60 Å². The standard InChI is InChI=1S/C10H15NO2/c1-5-6-8(7-11)9(12)13-10(2,3)4/h5-6,8H,1-4H3/b6-5+. The van der Waals surface area contributed by atoms with Crippen molar-refractivity contribution in [1.29, 1.82) is 5.26 Å². The first-order valence-electron chi connectivity index (χ1n) is 4.16. The smallest absolute Gasteiger partial charge is 0.327 e. The van der Waals surface area contributed by atoms with Crippen molar-refractivity contribution in [3.05, 3.63) is 12.2 Å². The van der Waals surface area contributed by atoms with Crippen LogP contribution in [-0.2, 0) is 9.53 Å². The SMILES string of the molecule is C/C=C/C(C#N)C(=O)OC(C)(C)C. The van der Waals surface area contributed by atoms with Gasteiger partial charge in [-0.3, -0.25) is 4.79 Å². The van der Waals surface area contributed by atoms with Gasteiger partial charge in [0.2, 0.25) is 0 Å². The molecule has 0 aromatic heterocycles. The molecule has 0 aliphatic rings. The number of carbonyl (C=O) groups excluding carboxylic acids is 1. The molecular weight excluding hydrogens is 166 g/mol. The number of nitriles is 1. The van der Waals surface area contributed by atoms with Gasteiger partial charge in [-0.25, -0.2) is 0 Å². The lowest BCUT2D eigenvalue weighted by Crippen LogP contribution is -2.27. The van der Waals surface area contributed by atoms with E-state index in [2.05, 4.69) is 0 Å². The topological polar surface area (TPSA) is 50.1 Å². The van der Waals surface area contributed by atoms with Gasteiger partial charge in [-0.1, -0.05) is 12.2 Å². The van der Waals surface area contributed by atoms with E-state index < -0.39 is 17.5 Å². The largest absolute Gasteiger partial charge is 0.459 e. The Morgan fingerprint density at radius 2 is 2.08 bits per heavy atom. The van der Waals surface area contributed by atoms with Crippen molar-refractivity contribution >= 4 is 5.97 Å². The highest BCUT2D eigenvalue weighted by molar-refractivity contribution is 5.77. The summed E-state index contributed by atoms with van der Waals surface area (Å²) in [4.78, 5) is 11.3. The molecule has 3 heteroatoms. The van der Waals surface area contributed by atoms with E-state index in [1.807, 2.05) is 6.07 Å². The number of allylic oxidation sites excluding steroid dienone is 1. The summed E-state index contributed by atoms with van der Waals surface area (Å²) in [6.07, 6.45) is 3.19. The van der Waals surface area contributed by atoms with Gasteiger partial charge in [-0.2, -0.15) is 5.26 Å². The average molecular weight is 181 g/mol. The van der Waals surface area contributed by atoms with Crippen LogP contribution in [0.15, 0.2) is 12.2 Å². The Labute approximate surface area is 79.0 Å². The van der Waals surface area contributed by atoms with Crippen LogP contribution in [0.3, 0.4) is 0 Å². The van der Waals surface area contributed by atoms with Crippen LogP contribution in [0.1, 0.15) is 27.7 Å². The Morgan fingerprint density at radius 3 is 2.38 bits per heavy atom. The van der Waals surface area contributed by atoms with E-state index in [9.17, 15) is 4.79 Å². The molecule has 0 heterocycles. The number of nitrogens with zero attached hydrogens (tertiary/aromatic N) is 1. The lowest BCUT2D eigenvalue weighted by molar-refractivity contribution is -0.156. The molecule has 0 saturated heterocycles. The summed E-state index contributed by atoms with van der Waals surface area (Å²) in [5.41, 5.74) is -0.534. The lowest BCUT2D eigenvalue weighted by Gasteiger charge is -2.20. The summed E-state index contributed by atoms with van der Waals surface area (Å²) in [6, 6.07) is 1.86. The third-order valence-electron chi connectivity index (χ3n) is 1.18. The van der Waals surface area contributed by atoms with E-state index in [-0.39, 0.29) is 0 Å². The van der Waals surface area contributed by atoms with Gasteiger partial charge in [0.15, 0.2) is 5.92 Å². The van der Waals surface area contributed by atoms with Crippen LogP contribution in [0.5, 0.6) is 0 Å². The summed E-state index contributed by atoms with van der Waals surface area (Å²) >= 11 is 0. The minimum absolute atomic E-state index is 0.493. The molecule has 0 aliphatic carbocycles. The molecule has 0 rings (SSSR count). The molecule has 3 nitrogen and oxygen atoms in total. The van der Waals surface area contributed by atoms with Crippen LogP contribution >= 0.6 is 0 Å². The predicted molar refractivity (Wildman–Crippen MR) is 49.8 cm³/mol. The Morgan fingerprint density at radius 1 is 1.54 bits per heavy atom. The maximum absolute atomic E-state index is 11.3. The van der Waals surface area contributed by atoms with Gasteiger partial charge in [0, 0.05) is 0 Å². The van der Waals surface area contributed by atoms with Gasteiger partial charge < -0.3 is 4.74 Å². The Hall–Kier alpha value is -1.30. The maximum Gasteiger partial charge on any atom is 0.327 e. The quantitative estimate of drug-likeness (QED) is 0.484. The Bertz CT molecular complexity index is 243. The molecule has 0 aromatic carbocycles. The molecule has 1 atom stereocenters. The van der Waals surface area contributed by atoms with Crippen molar-refractivity contribution in [3.63, 3.8) is 0 Å². The highest BCUT2D eigenvalue weighted by Crippen LogP contribution is 2.11. The number of ether oxygens (including phenoxy) is 1. The number of carbonyl (C=O) groups is 1. The molecule has 0 fully saturated rings. The maximum atomic E-state index is 11.3. The van der Waals surface area contributed by atoms with Gasteiger partial charge >= 0.3 is 5.97 Å². The first kappa shape index (κ1) is 11.7. The van der Waals surface area contributed by atoms with Crippen LogP contribution in [-0.4, -0.2) is 11.6 Å². The third-order valence-corrected chi connectivity index (χ3v) is 1.18. The summed E-state index contributed by atoms with van der Waals surface area (Å²) in [7, 11) is 0. The molecule has 0 bridgehead atoms. The summed E-state index contributed by atoms with van der Waals surface area (Å²) in [6.45, 7) is 7.08.